The van der Waals surface area contributed by atoms with Crippen molar-refractivity contribution in [3.8, 4) is 0 Å². The monoisotopic (exact) mass is 384 g/mol. The van der Waals surface area contributed by atoms with E-state index in [-0.39, 0.29) is 30.3 Å². The third kappa shape index (κ3) is 3.24. The topological polar surface area (TPSA) is 58.6 Å². The van der Waals surface area contributed by atoms with Gasteiger partial charge >= 0.3 is 0 Å². The number of aryl methyl sites for hydroxylation is 1. The van der Waals surface area contributed by atoms with E-state index in [4.69, 9.17) is 4.74 Å². The first-order valence-corrected chi connectivity index (χ1v) is 9.57. The van der Waals surface area contributed by atoms with Crippen LogP contribution in [0.2, 0.25) is 0 Å². The van der Waals surface area contributed by atoms with Crippen molar-refractivity contribution in [3.05, 3.63) is 53.0 Å². The Balaban J connectivity index is 1.65. The Kier molecular flexibility index (Phi) is 5.02. The molecule has 2 aliphatic rings. The molecule has 28 heavy (non-hydrogen) atoms. The molecule has 0 radical (unpaired) electrons. The summed E-state index contributed by atoms with van der Waals surface area (Å²) in [7, 11) is 1.52. The summed E-state index contributed by atoms with van der Waals surface area (Å²) in [4.78, 5) is 16.8. The normalized spacial score (nSPS) is 23.9. The second-order valence-corrected chi connectivity index (χ2v) is 7.78. The molecule has 1 amide bonds. The van der Waals surface area contributed by atoms with E-state index in [0.29, 0.717) is 12.5 Å². The van der Waals surface area contributed by atoms with E-state index in [1.54, 1.807) is 18.3 Å². The van der Waals surface area contributed by atoms with Crippen LogP contribution in [0.1, 0.15) is 22.7 Å². The molecular formula is C21H25FN4O2. The van der Waals surface area contributed by atoms with Crippen LogP contribution in [0.5, 0.6) is 0 Å². The van der Waals surface area contributed by atoms with Gasteiger partial charge < -0.3 is 14.5 Å². The lowest BCUT2D eigenvalue weighted by Gasteiger charge is -2.30. The molecule has 0 aliphatic carbocycles. The van der Waals surface area contributed by atoms with Crippen LogP contribution >= 0.6 is 0 Å². The number of benzene rings is 1. The van der Waals surface area contributed by atoms with E-state index >= 15 is 0 Å². The van der Waals surface area contributed by atoms with Gasteiger partial charge in [-0.2, -0.15) is 5.10 Å². The van der Waals surface area contributed by atoms with Gasteiger partial charge in [0.25, 0.3) is 0 Å². The number of aromatic nitrogens is 2. The predicted octanol–water partition coefficient (Wildman–Crippen LogP) is 2.51. The highest BCUT2D eigenvalue weighted by Gasteiger charge is 2.49. The smallest absolute Gasteiger partial charge is 0.249 e. The van der Waals surface area contributed by atoms with E-state index in [9.17, 15) is 9.18 Å². The van der Waals surface area contributed by atoms with Crippen molar-refractivity contribution >= 4 is 11.7 Å². The number of ether oxygens (including phenoxy) is 1. The average molecular weight is 384 g/mol. The molecule has 3 heterocycles. The molecule has 1 aromatic heterocycles. The number of fused-ring (bicyclic) bond motifs is 1. The molecule has 0 unspecified atom stereocenters. The van der Waals surface area contributed by atoms with Crippen LogP contribution in [0.3, 0.4) is 0 Å². The lowest BCUT2D eigenvalue weighted by molar-refractivity contribution is -0.136. The van der Waals surface area contributed by atoms with Crippen LogP contribution < -0.4 is 4.90 Å². The number of carbonyl (C=O) groups is 1. The highest BCUT2D eigenvalue weighted by molar-refractivity contribution is 5.78. The Hall–Kier alpha value is -2.54. The van der Waals surface area contributed by atoms with Crippen molar-refractivity contribution in [1.29, 1.82) is 0 Å². The van der Waals surface area contributed by atoms with Crippen LogP contribution in [-0.2, 0) is 9.53 Å². The first-order chi connectivity index (χ1) is 13.5. The van der Waals surface area contributed by atoms with Crippen LogP contribution in [0.15, 0.2) is 30.5 Å². The van der Waals surface area contributed by atoms with E-state index in [0.717, 1.165) is 35.6 Å². The molecule has 2 saturated heterocycles. The number of methoxy groups -OCH3 is 1. The molecule has 148 valence electrons. The summed E-state index contributed by atoms with van der Waals surface area (Å²) >= 11 is 0. The molecule has 2 fully saturated rings. The fourth-order valence-electron chi connectivity index (χ4n) is 4.62. The van der Waals surface area contributed by atoms with E-state index < -0.39 is 0 Å². The highest BCUT2D eigenvalue weighted by Crippen LogP contribution is 2.46. The Labute approximate surface area is 164 Å². The molecule has 6 nitrogen and oxygen atoms in total. The van der Waals surface area contributed by atoms with Crippen LogP contribution in [-0.4, -0.2) is 54.4 Å². The maximum atomic E-state index is 13.9. The summed E-state index contributed by atoms with van der Waals surface area (Å²) in [6, 6.07) is 6.43. The molecule has 1 aromatic carbocycles. The molecule has 0 bridgehead atoms. The summed E-state index contributed by atoms with van der Waals surface area (Å²) in [6.07, 6.45) is 1.77. The summed E-state index contributed by atoms with van der Waals surface area (Å²) < 4.78 is 19.0. The van der Waals surface area contributed by atoms with Gasteiger partial charge in [-0.1, -0.05) is 12.1 Å². The summed E-state index contributed by atoms with van der Waals surface area (Å²) in [6.45, 7) is 6.35. The number of amides is 1. The van der Waals surface area contributed by atoms with Gasteiger partial charge in [-0.3, -0.25) is 4.79 Å². The number of nitrogens with zero attached hydrogens (tertiary/aromatic N) is 4. The number of halogens is 1. The van der Waals surface area contributed by atoms with Crippen molar-refractivity contribution in [1.82, 2.24) is 15.1 Å². The van der Waals surface area contributed by atoms with Gasteiger partial charge in [0, 0.05) is 38.6 Å². The Morgan fingerprint density at radius 1 is 1.29 bits per heavy atom. The number of rotatable bonds is 4. The third-order valence-corrected chi connectivity index (χ3v) is 6.07. The standard InChI is InChI=1S/C21H25FN4O2/c1-13-8-23-24-21(14(13)2)25-9-16-10-26(19(27)12-28-3)20(18(16)11-25)15-5-4-6-17(22)7-15/h4-8,16,18,20H,9-12H2,1-3H3/t16-,18-,20+/m1/s1. The van der Waals surface area contributed by atoms with Gasteiger partial charge in [-0.05, 0) is 42.7 Å². The molecule has 3 atom stereocenters. The van der Waals surface area contributed by atoms with Crippen molar-refractivity contribution in [2.45, 2.75) is 19.9 Å². The summed E-state index contributed by atoms with van der Waals surface area (Å²) in [5, 5.41) is 8.48. The second-order valence-electron chi connectivity index (χ2n) is 7.78. The Bertz CT molecular complexity index is 890. The largest absolute Gasteiger partial charge is 0.375 e. The summed E-state index contributed by atoms with van der Waals surface area (Å²) in [5.74, 6) is 1.09. The molecule has 2 aliphatic heterocycles. The van der Waals surface area contributed by atoms with Gasteiger partial charge in [0.05, 0.1) is 12.2 Å². The molecule has 4 rings (SSSR count). The van der Waals surface area contributed by atoms with Crippen molar-refractivity contribution in [2.24, 2.45) is 11.8 Å². The van der Waals surface area contributed by atoms with Crippen molar-refractivity contribution < 1.29 is 13.9 Å². The molecule has 2 aromatic rings. The molecular weight excluding hydrogens is 359 g/mol. The van der Waals surface area contributed by atoms with Crippen LogP contribution in [0, 0.1) is 31.5 Å². The lowest BCUT2D eigenvalue weighted by Crippen LogP contribution is -2.38. The highest BCUT2D eigenvalue weighted by atomic mass is 19.1. The second kappa shape index (κ2) is 7.47. The number of hydrogen-bond donors (Lipinski definition) is 0. The minimum atomic E-state index is -0.282. The quantitative estimate of drug-likeness (QED) is 0.811. The average Bonchev–Trinajstić information content (AvgIpc) is 3.22. The fraction of sp³-hybridized carbons (Fsp3) is 0.476. The van der Waals surface area contributed by atoms with Crippen molar-refractivity contribution in [2.75, 3.05) is 38.3 Å². The molecule has 0 spiro atoms. The number of likely N-dealkylation sites (tertiary alicyclic amines) is 1. The minimum absolute atomic E-state index is 0.0391. The summed E-state index contributed by atoms with van der Waals surface area (Å²) in [5.41, 5.74) is 3.08. The predicted molar refractivity (Wildman–Crippen MR) is 103 cm³/mol. The van der Waals surface area contributed by atoms with Crippen molar-refractivity contribution in [3.63, 3.8) is 0 Å². The van der Waals surface area contributed by atoms with Crippen LogP contribution in [0.25, 0.3) is 0 Å². The number of carbonyl (C=O) groups excluding carboxylic acids is 1. The zero-order chi connectivity index (χ0) is 19.8. The van der Waals surface area contributed by atoms with E-state index in [1.165, 1.54) is 13.2 Å². The first-order valence-electron chi connectivity index (χ1n) is 9.57. The lowest BCUT2D eigenvalue weighted by atomic mass is 9.89. The minimum Gasteiger partial charge on any atom is -0.375 e. The zero-order valence-corrected chi connectivity index (χ0v) is 16.4. The Morgan fingerprint density at radius 2 is 2.11 bits per heavy atom. The van der Waals surface area contributed by atoms with Crippen LogP contribution in [0.4, 0.5) is 10.2 Å². The molecule has 0 saturated carbocycles. The SMILES string of the molecule is COCC(=O)N1C[C@H]2CN(c3nncc(C)c3C)C[C@H]2[C@@H]1c1cccc(F)c1. The third-order valence-electron chi connectivity index (χ3n) is 6.07. The van der Waals surface area contributed by atoms with Gasteiger partial charge in [-0.25, -0.2) is 4.39 Å². The van der Waals surface area contributed by atoms with E-state index in [2.05, 4.69) is 22.0 Å². The van der Waals surface area contributed by atoms with E-state index in [1.807, 2.05) is 17.9 Å². The number of anilines is 1. The first kappa shape index (κ1) is 18.8. The molecule has 0 N–H and O–H groups in total. The Morgan fingerprint density at radius 3 is 2.86 bits per heavy atom. The van der Waals surface area contributed by atoms with Gasteiger partial charge in [0.15, 0.2) is 5.82 Å². The zero-order valence-electron chi connectivity index (χ0n) is 16.4. The fourth-order valence-corrected chi connectivity index (χ4v) is 4.62. The maximum absolute atomic E-state index is 13.9. The maximum Gasteiger partial charge on any atom is 0.249 e. The molecule has 7 heteroatoms. The van der Waals surface area contributed by atoms with Gasteiger partial charge in [0.1, 0.15) is 12.4 Å². The van der Waals surface area contributed by atoms with Gasteiger partial charge in [0.2, 0.25) is 5.91 Å². The van der Waals surface area contributed by atoms with Gasteiger partial charge in [-0.15, -0.1) is 5.10 Å². The number of hydrogen-bond acceptors (Lipinski definition) is 5.